The molecule has 2 aromatic heterocycles. The van der Waals surface area contributed by atoms with E-state index in [2.05, 4.69) is 15.2 Å². The van der Waals surface area contributed by atoms with Crippen molar-refractivity contribution in [2.24, 2.45) is 5.92 Å². The Morgan fingerprint density at radius 3 is 2.71 bits per heavy atom. The second-order valence-corrected chi connectivity index (χ2v) is 8.87. The molecule has 35 heavy (non-hydrogen) atoms. The average molecular weight is 474 g/mol. The van der Waals surface area contributed by atoms with Crippen molar-refractivity contribution in [2.45, 2.75) is 12.5 Å². The lowest BCUT2D eigenvalue weighted by atomic mass is 9.97. The summed E-state index contributed by atoms with van der Waals surface area (Å²) < 4.78 is 13.0. The molecule has 0 spiro atoms. The highest BCUT2D eigenvalue weighted by atomic mass is 16.5. The van der Waals surface area contributed by atoms with Crippen LogP contribution in [0.5, 0.6) is 0 Å². The van der Waals surface area contributed by atoms with Gasteiger partial charge in [-0.15, -0.1) is 0 Å². The fraction of sp³-hybridized carbons (Fsp3) is 0.370. The molecule has 4 heterocycles. The fourth-order valence-corrected chi connectivity index (χ4v) is 4.74. The Morgan fingerprint density at radius 1 is 1.11 bits per heavy atom. The first-order valence-corrected chi connectivity index (χ1v) is 12.2. The summed E-state index contributed by atoms with van der Waals surface area (Å²) in [5.41, 5.74) is 3.48. The predicted octanol–water partition coefficient (Wildman–Crippen LogP) is 2.80. The molecule has 1 aromatic carbocycles. The highest BCUT2D eigenvalue weighted by Gasteiger charge is 2.31. The number of hydrogen-bond acceptors (Lipinski definition) is 6. The van der Waals surface area contributed by atoms with Gasteiger partial charge in [-0.05, 0) is 36.8 Å². The van der Waals surface area contributed by atoms with Crippen molar-refractivity contribution in [3.63, 3.8) is 0 Å². The molecule has 8 nitrogen and oxygen atoms in total. The van der Waals surface area contributed by atoms with Crippen LogP contribution in [0.15, 0.2) is 67.1 Å². The quantitative estimate of drug-likeness (QED) is 0.507. The van der Waals surface area contributed by atoms with Crippen molar-refractivity contribution in [3.05, 3.63) is 72.7 Å². The summed E-state index contributed by atoms with van der Waals surface area (Å²) in [7, 11) is 0. The van der Waals surface area contributed by atoms with Crippen LogP contribution in [0, 0.1) is 5.92 Å². The van der Waals surface area contributed by atoms with E-state index in [1.54, 1.807) is 18.5 Å². The van der Waals surface area contributed by atoms with Crippen LogP contribution >= 0.6 is 0 Å². The summed E-state index contributed by atoms with van der Waals surface area (Å²) in [6, 6.07) is 14.0. The summed E-state index contributed by atoms with van der Waals surface area (Å²) in [6.45, 7) is 5.39. The number of amides is 1. The molecule has 2 aliphatic heterocycles. The van der Waals surface area contributed by atoms with Gasteiger partial charge in [0.25, 0.3) is 0 Å². The molecule has 182 valence electrons. The fourth-order valence-electron chi connectivity index (χ4n) is 4.74. The first-order chi connectivity index (χ1) is 17.3. The van der Waals surface area contributed by atoms with Gasteiger partial charge in [0.1, 0.15) is 5.69 Å². The topological polar surface area (TPSA) is 81.5 Å². The smallest absolute Gasteiger partial charge is 0.244 e. The van der Waals surface area contributed by atoms with Crippen LogP contribution in [0.2, 0.25) is 0 Å². The number of hydrogen-bond donors (Lipinski definition) is 1. The molecule has 2 atom stereocenters. The number of pyridine rings is 1. The zero-order valence-corrected chi connectivity index (χ0v) is 19.8. The van der Waals surface area contributed by atoms with Gasteiger partial charge in [-0.2, -0.15) is 5.10 Å². The number of nitrogens with zero attached hydrogens (tertiary/aromatic N) is 4. The number of benzene rings is 1. The first-order valence-electron chi connectivity index (χ1n) is 12.2. The Kier molecular flexibility index (Phi) is 7.62. The first kappa shape index (κ1) is 23.4. The molecular weight excluding hydrogens is 442 g/mol. The van der Waals surface area contributed by atoms with Crippen molar-refractivity contribution in [3.8, 4) is 16.9 Å². The summed E-state index contributed by atoms with van der Waals surface area (Å²) >= 11 is 0. The monoisotopic (exact) mass is 473 g/mol. The van der Waals surface area contributed by atoms with Crippen LogP contribution in [0.25, 0.3) is 23.0 Å². The van der Waals surface area contributed by atoms with Crippen LogP contribution in [0.3, 0.4) is 0 Å². The van der Waals surface area contributed by atoms with E-state index in [-0.39, 0.29) is 11.9 Å². The minimum atomic E-state index is -0.119. The number of ether oxygens (including phenoxy) is 2. The van der Waals surface area contributed by atoms with Crippen molar-refractivity contribution >= 4 is 12.0 Å². The van der Waals surface area contributed by atoms with Crippen LogP contribution in [0.4, 0.5) is 0 Å². The lowest BCUT2D eigenvalue weighted by Crippen LogP contribution is -2.52. The zero-order chi connectivity index (χ0) is 23.9. The third-order valence-electron chi connectivity index (χ3n) is 6.62. The van der Waals surface area contributed by atoms with Crippen LogP contribution < -0.4 is 5.32 Å². The number of morpholine rings is 1. The Hall–Kier alpha value is -3.33. The van der Waals surface area contributed by atoms with Crippen LogP contribution in [-0.2, 0) is 14.3 Å². The number of rotatable bonds is 8. The Labute approximate surface area is 205 Å². The number of carbonyl (C=O) groups is 1. The second-order valence-electron chi connectivity index (χ2n) is 8.87. The lowest BCUT2D eigenvalue weighted by Gasteiger charge is -2.37. The Balaban J connectivity index is 1.31. The van der Waals surface area contributed by atoms with E-state index < -0.39 is 0 Å². The number of carbonyl (C=O) groups excluding carboxylic acids is 1. The predicted molar refractivity (Wildman–Crippen MR) is 134 cm³/mol. The van der Waals surface area contributed by atoms with Crippen molar-refractivity contribution in [1.29, 1.82) is 0 Å². The molecule has 2 fully saturated rings. The molecule has 0 bridgehead atoms. The van der Waals surface area contributed by atoms with Gasteiger partial charge in [0.2, 0.25) is 5.91 Å². The SMILES string of the molecule is O=C(/C=C/c1cn(-c2ccccc2)nc1-c1cccnc1)NCC(C1CCOC1)N1CCOCC1. The molecule has 2 aliphatic rings. The Morgan fingerprint density at radius 2 is 1.97 bits per heavy atom. The number of para-hydroxylation sites is 1. The molecule has 5 rings (SSSR count). The molecule has 1 N–H and O–H groups in total. The minimum Gasteiger partial charge on any atom is -0.381 e. The van der Waals surface area contributed by atoms with Gasteiger partial charge in [-0.3, -0.25) is 14.7 Å². The summed E-state index contributed by atoms with van der Waals surface area (Å²) in [5, 5.41) is 7.90. The minimum absolute atomic E-state index is 0.119. The van der Waals surface area contributed by atoms with E-state index >= 15 is 0 Å². The van der Waals surface area contributed by atoms with E-state index in [9.17, 15) is 4.79 Å². The highest BCUT2D eigenvalue weighted by molar-refractivity contribution is 5.92. The normalized spacial score (nSPS) is 19.7. The molecule has 8 heteroatoms. The van der Waals surface area contributed by atoms with Gasteiger partial charge < -0.3 is 14.8 Å². The van der Waals surface area contributed by atoms with Gasteiger partial charge in [-0.1, -0.05) is 18.2 Å². The second kappa shape index (κ2) is 11.4. The summed E-state index contributed by atoms with van der Waals surface area (Å²) in [6.07, 6.45) is 9.90. The maximum Gasteiger partial charge on any atom is 0.244 e. The molecule has 1 amide bonds. The van der Waals surface area contributed by atoms with Crippen molar-refractivity contribution < 1.29 is 14.3 Å². The highest BCUT2D eigenvalue weighted by Crippen LogP contribution is 2.24. The standard InChI is InChI=1S/C27H31N5O3/c33-26(29-18-25(23-10-14-35-20-23)31-12-15-34-16-13-31)9-8-22-19-32(24-6-2-1-3-7-24)30-27(22)21-5-4-11-28-17-21/h1-9,11,17,19,23,25H,10,12-16,18,20H2,(H,29,33)/b9-8+. The molecule has 0 saturated carbocycles. The lowest BCUT2D eigenvalue weighted by molar-refractivity contribution is -0.116. The van der Waals surface area contributed by atoms with E-state index in [4.69, 9.17) is 14.6 Å². The molecule has 2 unspecified atom stereocenters. The summed E-state index contributed by atoms with van der Waals surface area (Å²) in [4.78, 5) is 19.5. The number of nitrogens with one attached hydrogen (secondary N) is 1. The third-order valence-corrected chi connectivity index (χ3v) is 6.62. The van der Waals surface area contributed by atoms with Gasteiger partial charge in [0.15, 0.2) is 0 Å². The van der Waals surface area contributed by atoms with Crippen LogP contribution in [-0.4, -0.2) is 77.7 Å². The van der Waals surface area contributed by atoms with Gasteiger partial charge in [0, 0.05) is 74.0 Å². The van der Waals surface area contributed by atoms with Gasteiger partial charge >= 0.3 is 0 Å². The Bertz CT molecular complexity index is 1120. The maximum atomic E-state index is 12.8. The van der Waals surface area contributed by atoms with E-state index in [0.717, 1.165) is 68.4 Å². The maximum absolute atomic E-state index is 12.8. The average Bonchev–Trinajstić information content (AvgIpc) is 3.60. The van der Waals surface area contributed by atoms with E-state index in [1.807, 2.05) is 59.4 Å². The largest absolute Gasteiger partial charge is 0.381 e. The van der Waals surface area contributed by atoms with Crippen molar-refractivity contribution in [1.82, 2.24) is 25.0 Å². The summed E-state index contributed by atoms with van der Waals surface area (Å²) in [5.74, 6) is 0.311. The molecule has 0 aliphatic carbocycles. The third kappa shape index (κ3) is 5.85. The van der Waals surface area contributed by atoms with Gasteiger partial charge in [0.05, 0.1) is 25.5 Å². The molecule has 3 aromatic rings. The van der Waals surface area contributed by atoms with Crippen molar-refractivity contribution in [2.75, 3.05) is 46.1 Å². The molecule has 2 saturated heterocycles. The number of aromatic nitrogens is 3. The van der Waals surface area contributed by atoms with E-state index in [1.165, 1.54) is 0 Å². The van der Waals surface area contributed by atoms with Crippen LogP contribution in [0.1, 0.15) is 12.0 Å². The molecule has 0 radical (unpaired) electrons. The van der Waals surface area contributed by atoms with E-state index in [0.29, 0.717) is 12.5 Å². The molecular formula is C27H31N5O3. The van der Waals surface area contributed by atoms with Gasteiger partial charge in [-0.25, -0.2) is 4.68 Å². The zero-order valence-electron chi connectivity index (χ0n) is 19.8.